The zero-order valence-electron chi connectivity index (χ0n) is 11.3. The number of nitro groups is 1. The predicted octanol–water partition coefficient (Wildman–Crippen LogP) is 1.36. The number of nitrogens with zero attached hydrogens (tertiary/aromatic N) is 1. The second kappa shape index (κ2) is 7.06. The van der Waals surface area contributed by atoms with Crippen LogP contribution in [0, 0.1) is 10.1 Å². The number of benzene rings is 1. The SMILES string of the molecule is CCOc1cc(OCC2CNCCO2)ccc1[N+](=O)[O-]. The van der Waals surface area contributed by atoms with E-state index in [-0.39, 0.29) is 17.5 Å². The highest BCUT2D eigenvalue weighted by atomic mass is 16.6. The Labute approximate surface area is 117 Å². The normalized spacial score (nSPS) is 18.6. The zero-order valence-corrected chi connectivity index (χ0v) is 11.3. The molecule has 7 heteroatoms. The van der Waals surface area contributed by atoms with Crippen LogP contribution in [-0.2, 0) is 4.74 Å². The minimum absolute atomic E-state index is 0.00511. The molecule has 1 saturated heterocycles. The average Bonchev–Trinajstić information content (AvgIpc) is 2.46. The molecule has 0 radical (unpaired) electrons. The lowest BCUT2D eigenvalue weighted by molar-refractivity contribution is -0.385. The van der Waals surface area contributed by atoms with Gasteiger partial charge in [-0.05, 0) is 13.0 Å². The van der Waals surface area contributed by atoms with E-state index in [1.54, 1.807) is 13.0 Å². The topological polar surface area (TPSA) is 82.9 Å². The number of ether oxygens (including phenoxy) is 3. The molecule has 1 aliphatic rings. The van der Waals surface area contributed by atoms with Crippen LogP contribution in [0.3, 0.4) is 0 Å². The van der Waals surface area contributed by atoms with Gasteiger partial charge in [-0.25, -0.2) is 0 Å². The minimum atomic E-state index is -0.469. The van der Waals surface area contributed by atoms with Crippen LogP contribution in [0.4, 0.5) is 5.69 Å². The van der Waals surface area contributed by atoms with Crippen LogP contribution in [0.15, 0.2) is 18.2 Å². The molecule has 0 saturated carbocycles. The average molecular weight is 282 g/mol. The van der Waals surface area contributed by atoms with E-state index in [2.05, 4.69) is 5.32 Å². The summed E-state index contributed by atoms with van der Waals surface area (Å²) in [7, 11) is 0. The van der Waals surface area contributed by atoms with Crippen LogP contribution in [0.1, 0.15) is 6.92 Å². The molecule has 1 fully saturated rings. The first-order chi connectivity index (χ1) is 9.70. The van der Waals surface area contributed by atoms with Crippen molar-refractivity contribution in [1.82, 2.24) is 5.32 Å². The summed E-state index contributed by atoms with van der Waals surface area (Å²) in [5.41, 5.74) is -0.0604. The molecule has 0 amide bonds. The molecule has 0 aliphatic carbocycles. The summed E-state index contributed by atoms with van der Waals surface area (Å²) in [5.74, 6) is 0.755. The fourth-order valence-electron chi connectivity index (χ4n) is 1.92. The molecular formula is C13H18N2O5. The van der Waals surface area contributed by atoms with Crippen molar-refractivity contribution in [3.05, 3.63) is 28.3 Å². The van der Waals surface area contributed by atoms with E-state index in [0.29, 0.717) is 25.6 Å². The van der Waals surface area contributed by atoms with Gasteiger partial charge in [0.1, 0.15) is 18.5 Å². The van der Waals surface area contributed by atoms with E-state index in [1.807, 2.05) is 0 Å². The number of rotatable bonds is 6. The molecule has 7 nitrogen and oxygen atoms in total. The van der Waals surface area contributed by atoms with E-state index in [9.17, 15) is 10.1 Å². The molecule has 110 valence electrons. The van der Waals surface area contributed by atoms with Crippen molar-refractivity contribution < 1.29 is 19.1 Å². The van der Waals surface area contributed by atoms with Crippen LogP contribution in [0.2, 0.25) is 0 Å². The van der Waals surface area contributed by atoms with Crippen molar-refractivity contribution in [2.45, 2.75) is 13.0 Å². The molecular weight excluding hydrogens is 264 g/mol. The van der Waals surface area contributed by atoms with Crippen molar-refractivity contribution in [2.75, 3.05) is 32.9 Å². The van der Waals surface area contributed by atoms with Gasteiger partial charge in [0.15, 0.2) is 0 Å². The Hall–Kier alpha value is -1.86. The van der Waals surface area contributed by atoms with Crippen LogP contribution < -0.4 is 14.8 Å². The maximum atomic E-state index is 10.9. The fraction of sp³-hybridized carbons (Fsp3) is 0.538. The van der Waals surface area contributed by atoms with Crippen molar-refractivity contribution in [2.24, 2.45) is 0 Å². The smallest absolute Gasteiger partial charge is 0.311 e. The molecule has 1 heterocycles. The van der Waals surface area contributed by atoms with Gasteiger partial charge in [0.25, 0.3) is 0 Å². The van der Waals surface area contributed by atoms with Crippen molar-refractivity contribution >= 4 is 5.69 Å². The molecule has 0 bridgehead atoms. The Morgan fingerprint density at radius 2 is 2.35 bits per heavy atom. The lowest BCUT2D eigenvalue weighted by Crippen LogP contribution is -2.41. The first-order valence-electron chi connectivity index (χ1n) is 6.57. The zero-order chi connectivity index (χ0) is 14.4. The summed E-state index contributed by atoms with van der Waals surface area (Å²) < 4.78 is 16.4. The van der Waals surface area contributed by atoms with Crippen molar-refractivity contribution in [3.63, 3.8) is 0 Å². The lowest BCUT2D eigenvalue weighted by Gasteiger charge is -2.23. The molecule has 0 spiro atoms. The van der Waals surface area contributed by atoms with Crippen LogP contribution >= 0.6 is 0 Å². The van der Waals surface area contributed by atoms with Crippen LogP contribution in [0.5, 0.6) is 11.5 Å². The summed E-state index contributed by atoms with van der Waals surface area (Å²) in [4.78, 5) is 10.4. The number of nitro benzene ring substituents is 1. The summed E-state index contributed by atoms with van der Waals surface area (Å²) in [6.45, 7) is 4.79. The third-order valence-corrected chi connectivity index (χ3v) is 2.87. The molecule has 1 unspecified atom stereocenters. The third kappa shape index (κ3) is 3.82. The van der Waals surface area contributed by atoms with Gasteiger partial charge in [0.05, 0.1) is 18.1 Å². The highest BCUT2D eigenvalue weighted by Gasteiger charge is 2.17. The van der Waals surface area contributed by atoms with Gasteiger partial charge in [0, 0.05) is 25.2 Å². The second-order valence-corrected chi connectivity index (χ2v) is 4.33. The van der Waals surface area contributed by atoms with E-state index in [0.717, 1.165) is 13.1 Å². The van der Waals surface area contributed by atoms with Gasteiger partial charge in [0.2, 0.25) is 5.75 Å². The highest BCUT2D eigenvalue weighted by Crippen LogP contribution is 2.31. The fourth-order valence-corrected chi connectivity index (χ4v) is 1.92. The van der Waals surface area contributed by atoms with E-state index in [4.69, 9.17) is 14.2 Å². The van der Waals surface area contributed by atoms with Gasteiger partial charge < -0.3 is 19.5 Å². The Morgan fingerprint density at radius 1 is 1.50 bits per heavy atom. The van der Waals surface area contributed by atoms with Crippen LogP contribution in [0.25, 0.3) is 0 Å². The maximum Gasteiger partial charge on any atom is 0.311 e. The first kappa shape index (κ1) is 14.5. The van der Waals surface area contributed by atoms with Crippen molar-refractivity contribution in [1.29, 1.82) is 0 Å². The van der Waals surface area contributed by atoms with Gasteiger partial charge in [-0.2, -0.15) is 0 Å². The summed E-state index contributed by atoms with van der Waals surface area (Å²) in [6.07, 6.45) is -0.00511. The predicted molar refractivity (Wildman–Crippen MR) is 72.4 cm³/mol. The van der Waals surface area contributed by atoms with E-state index < -0.39 is 4.92 Å². The Balaban J connectivity index is 2.00. The number of hydrogen-bond acceptors (Lipinski definition) is 6. The van der Waals surface area contributed by atoms with E-state index in [1.165, 1.54) is 12.1 Å². The highest BCUT2D eigenvalue weighted by molar-refractivity contribution is 5.50. The third-order valence-electron chi connectivity index (χ3n) is 2.87. The Kier molecular flexibility index (Phi) is 5.14. The Bertz CT molecular complexity index is 460. The molecule has 2 rings (SSSR count). The lowest BCUT2D eigenvalue weighted by atomic mass is 10.2. The molecule has 1 aromatic carbocycles. The van der Waals surface area contributed by atoms with Gasteiger partial charge in [-0.15, -0.1) is 0 Å². The summed E-state index contributed by atoms with van der Waals surface area (Å²) >= 11 is 0. The monoisotopic (exact) mass is 282 g/mol. The molecule has 1 N–H and O–H groups in total. The number of nitrogens with one attached hydrogen (secondary N) is 1. The molecule has 1 aromatic rings. The van der Waals surface area contributed by atoms with Gasteiger partial charge in [-0.3, -0.25) is 10.1 Å². The van der Waals surface area contributed by atoms with E-state index >= 15 is 0 Å². The number of morpholine rings is 1. The molecule has 0 aromatic heterocycles. The summed E-state index contributed by atoms with van der Waals surface area (Å²) in [6, 6.07) is 4.50. The Morgan fingerprint density at radius 3 is 3.00 bits per heavy atom. The standard InChI is InChI=1S/C13H18N2O5/c1-2-18-13-7-10(3-4-12(13)15(16)17)20-9-11-8-14-5-6-19-11/h3-4,7,11,14H,2,5-6,8-9H2,1H3. The molecule has 1 atom stereocenters. The minimum Gasteiger partial charge on any atom is -0.491 e. The largest absolute Gasteiger partial charge is 0.491 e. The second-order valence-electron chi connectivity index (χ2n) is 4.33. The van der Waals surface area contributed by atoms with Gasteiger partial charge in [-0.1, -0.05) is 0 Å². The quantitative estimate of drug-likeness (QED) is 0.626. The molecule has 1 aliphatic heterocycles. The molecule has 20 heavy (non-hydrogen) atoms. The van der Waals surface area contributed by atoms with Gasteiger partial charge >= 0.3 is 5.69 Å². The first-order valence-corrected chi connectivity index (χ1v) is 6.57. The number of hydrogen-bond donors (Lipinski definition) is 1. The van der Waals surface area contributed by atoms with Crippen LogP contribution in [-0.4, -0.2) is 43.9 Å². The van der Waals surface area contributed by atoms with Crippen molar-refractivity contribution in [3.8, 4) is 11.5 Å². The summed E-state index contributed by atoms with van der Waals surface area (Å²) in [5, 5.41) is 14.1. The maximum absolute atomic E-state index is 10.9.